The average molecular weight is 423 g/mol. The molecule has 5 heteroatoms. The van der Waals surface area contributed by atoms with Gasteiger partial charge < -0.3 is 10.1 Å². The number of halogens is 3. The van der Waals surface area contributed by atoms with Gasteiger partial charge in [0.05, 0.1) is 0 Å². The van der Waals surface area contributed by atoms with E-state index in [1.165, 1.54) is 5.56 Å². The standard InChI is InChI=1S/C22H21Cl2NO.ClH/c23-20-8-6-18(7-9-20)16-26-22-11-10-21(24)14-19(22)15-25-13-12-17-4-2-1-3-5-17;/h1-11,14,25H,12-13,15-16H2;1H. The fourth-order valence-electron chi connectivity index (χ4n) is 2.67. The summed E-state index contributed by atoms with van der Waals surface area (Å²) in [5, 5.41) is 4.90. The molecule has 3 rings (SSSR count). The number of hydrogen-bond acceptors (Lipinski definition) is 2. The van der Waals surface area contributed by atoms with Crippen LogP contribution in [0.15, 0.2) is 72.8 Å². The highest BCUT2D eigenvalue weighted by Gasteiger charge is 2.06. The molecule has 2 nitrogen and oxygen atoms in total. The molecule has 1 N–H and O–H groups in total. The summed E-state index contributed by atoms with van der Waals surface area (Å²) in [6, 6.07) is 23.8. The van der Waals surface area contributed by atoms with Gasteiger partial charge in [0.15, 0.2) is 0 Å². The summed E-state index contributed by atoms with van der Waals surface area (Å²) >= 11 is 12.1. The fourth-order valence-corrected chi connectivity index (χ4v) is 2.99. The molecule has 0 spiro atoms. The minimum absolute atomic E-state index is 0. The van der Waals surface area contributed by atoms with E-state index in [1.54, 1.807) is 0 Å². The molecular weight excluding hydrogens is 401 g/mol. The average Bonchev–Trinajstić information content (AvgIpc) is 2.67. The van der Waals surface area contributed by atoms with Crippen LogP contribution in [0.25, 0.3) is 0 Å². The van der Waals surface area contributed by atoms with Gasteiger partial charge in [-0.2, -0.15) is 0 Å². The fraction of sp³-hybridized carbons (Fsp3) is 0.182. The van der Waals surface area contributed by atoms with E-state index < -0.39 is 0 Å². The van der Waals surface area contributed by atoms with E-state index in [4.69, 9.17) is 27.9 Å². The molecular formula is C22H22Cl3NO. The van der Waals surface area contributed by atoms with Crippen molar-refractivity contribution in [2.24, 2.45) is 0 Å². The molecule has 142 valence electrons. The van der Waals surface area contributed by atoms with Crippen LogP contribution in [0, 0.1) is 0 Å². The van der Waals surface area contributed by atoms with E-state index >= 15 is 0 Å². The molecule has 0 saturated carbocycles. The van der Waals surface area contributed by atoms with Crippen LogP contribution in [0.2, 0.25) is 10.0 Å². The Morgan fingerprint density at radius 1 is 0.778 bits per heavy atom. The number of benzene rings is 3. The van der Waals surface area contributed by atoms with Crippen molar-refractivity contribution in [2.75, 3.05) is 6.54 Å². The normalized spacial score (nSPS) is 10.3. The van der Waals surface area contributed by atoms with Gasteiger partial charge in [0.2, 0.25) is 0 Å². The van der Waals surface area contributed by atoms with Crippen molar-refractivity contribution in [1.29, 1.82) is 0 Å². The van der Waals surface area contributed by atoms with E-state index in [9.17, 15) is 0 Å². The summed E-state index contributed by atoms with van der Waals surface area (Å²) in [7, 11) is 0. The van der Waals surface area contributed by atoms with Crippen molar-refractivity contribution >= 4 is 35.6 Å². The van der Waals surface area contributed by atoms with Gasteiger partial charge in [-0.1, -0.05) is 65.7 Å². The minimum atomic E-state index is 0. The molecule has 0 heterocycles. The van der Waals surface area contributed by atoms with Gasteiger partial charge >= 0.3 is 0 Å². The largest absolute Gasteiger partial charge is 0.489 e. The Hall–Kier alpha value is -1.71. The molecule has 0 aliphatic heterocycles. The summed E-state index contributed by atoms with van der Waals surface area (Å²) in [5.41, 5.74) is 3.46. The van der Waals surface area contributed by atoms with Crippen LogP contribution in [0.3, 0.4) is 0 Å². The SMILES string of the molecule is Cl.Clc1ccc(COc2ccc(Cl)cc2CNCCc2ccccc2)cc1. The third-order valence-electron chi connectivity index (χ3n) is 4.08. The maximum atomic E-state index is 6.16. The van der Waals surface area contributed by atoms with Crippen molar-refractivity contribution in [1.82, 2.24) is 5.32 Å². The van der Waals surface area contributed by atoms with Crippen molar-refractivity contribution in [3.05, 3.63) is 99.5 Å². The zero-order valence-corrected chi connectivity index (χ0v) is 17.2. The van der Waals surface area contributed by atoms with Gasteiger partial charge in [-0.3, -0.25) is 0 Å². The molecule has 0 fully saturated rings. The lowest BCUT2D eigenvalue weighted by atomic mass is 10.1. The molecule has 0 aliphatic rings. The lowest BCUT2D eigenvalue weighted by Gasteiger charge is -2.13. The van der Waals surface area contributed by atoms with E-state index in [-0.39, 0.29) is 12.4 Å². The first-order valence-electron chi connectivity index (χ1n) is 8.61. The Balaban J connectivity index is 0.00000261. The van der Waals surface area contributed by atoms with Crippen LogP contribution < -0.4 is 10.1 Å². The Labute approximate surface area is 176 Å². The maximum Gasteiger partial charge on any atom is 0.124 e. The highest BCUT2D eigenvalue weighted by Crippen LogP contribution is 2.24. The number of hydrogen-bond donors (Lipinski definition) is 1. The third kappa shape index (κ3) is 7.08. The van der Waals surface area contributed by atoms with Gasteiger partial charge in [0.25, 0.3) is 0 Å². The highest BCUT2D eigenvalue weighted by molar-refractivity contribution is 6.30. The lowest BCUT2D eigenvalue weighted by molar-refractivity contribution is 0.302. The van der Waals surface area contributed by atoms with E-state index in [0.29, 0.717) is 18.2 Å². The van der Waals surface area contributed by atoms with E-state index in [1.807, 2.05) is 48.5 Å². The van der Waals surface area contributed by atoms with Gasteiger partial charge in [0, 0.05) is 22.2 Å². The Morgan fingerprint density at radius 2 is 1.48 bits per heavy atom. The van der Waals surface area contributed by atoms with Gasteiger partial charge in [0.1, 0.15) is 12.4 Å². The van der Waals surface area contributed by atoms with Crippen molar-refractivity contribution < 1.29 is 4.74 Å². The van der Waals surface area contributed by atoms with Gasteiger partial charge in [-0.05, 0) is 54.4 Å². The summed E-state index contributed by atoms with van der Waals surface area (Å²) in [6.07, 6.45) is 0.988. The van der Waals surface area contributed by atoms with Crippen LogP contribution in [-0.2, 0) is 19.6 Å². The number of ether oxygens (including phenoxy) is 1. The molecule has 3 aromatic carbocycles. The van der Waals surface area contributed by atoms with Gasteiger partial charge in [-0.15, -0.1) is 12.4 Å². The van der Waals surface area contributed by atoms with Crippen LogP contribution in [0.4, 0.5) is 0 Å². The smallest absolute Gasteiger partial charge is 0.124 e. The first kappa shape index (κ1) is 21.6. The second-order valence-corrected chi connectivity index (χ2v) is 6.95. The molecule has 0 unspecified atom stereocenters. The monoisotopic (exact) mass is 421 g/mol. The summed E-state index contributed by atoms with van der Waals surface area (Å²) in [4.78, 5) is 0. The van der Waals surface area contributed by atoms with Crippen LogP contribution >= 0.6 is 35.6 Å². The quantitative estimate of drug-likeness (QED) is 0.428. The van der Waals surface area contributed by atoms with E-state index in [2.05, 4.69) is 29.6 Å². The Bertz CT molecular complexity index is 823. The predicted molar refractivity (Wildman–Crippen MR) is 116 cm³/mol. The van der Waals surface area contributed by atoms with Crippen molar-refractivity contribution in [3.8, 4) is 5.75 Å². The first-order chi connectivity index (χ1) is 12.7. The lowest BCUT2D eigenvalue weighted by Crippen LogP contribution is -2.17. The summed E-state index contributed by atoms with van der Waals surface area (Å²) in [6.45, 7) is 2.10. The van der Waals surface area contributed by atoms with Crippen LogP contribution in [-0.4, -0.2) is 6.54 Å². The number of nitrogens with one attached hydrogen (secondary N) is 1. The maximum absolute atomic E-state index is 6.16. The molecule has 27 heavy (non-hydrogen) atoms. The molecule has 0 saturated heterocycles. The number of rotatable bonds is 8. The van der Waals surface area contributed by atoms with Crippen molar-refractivity contribution in [3.63, 3.8) is 0 Å². The van der Waals surface area contributed by atoms with Crippen molar-refractivity contribution in [2.45, 2.75) is 19.6 Å². The second kappa shape index (κ2) is 11.2. The predicted octanol–water partition coefficient (Wildman–Crippen LogP) is 6.33. The molecule has 0 aliphatic carbocycles. The molecule has 0 amide bonds. The second-order valence-electron chi connectivity index (χ2n) is 6.08. The minimum Gasteiger partial charge on any atom is -0.489 e. The molecule has 3 aromatic rings. The zero-order valence-electron chi connectivity index (χ0n) is 14.8. The Morgan fingerprint density at radius 3 is 2.22 bits per heavy atom. The molecule has 0 atom stereocenters. The first-order valence-corrected chi connectivity index (χ1v) is 9.36. The third-order valence-corrected chi connectivity index (χ3v) is 4.57. The van der Waals surface area contributed by atoms with Gasteiger partial charge in [-0.25, -0.2) is 0 Å². The molecule has 0 radical (unpaired) electrons. The summed E-state index contributed by atoms with van der Waals surface area (Å²) < 4.78 is 5.99. The highest BCUT2D eigenvalue weighted by atomic mass is 35.5. The van der Waals surface area contributed by atoms with Crippen LogP contribution in [0.5, 0.6) is 5.75 Å². The summed E-state index contributed by atoms with van der Waals surface area (Å²) in [5.74, 6) is 0.844. The van der Waals surface area contributed by atoms with E-state index in [0.717, 1.165) is 34.9 Å². The molecule has 0 aromatic heterocycles. The Kier molecular flexibility index (Phi) is 8.96. The molecule has 0 bridgehead atoms. The van der Waals surface area contributed by atoms with Crippen LogP contribution in [0.1, 0.15) is 16.7 Å². The zero-order chi connectivity index (χ0) is 18.2. The topological polar surface area (TPSA) is 21.3 Å².